The van der Waals surface area contributed by atoms with E-state index in [9.17, 15) is 0 Å². The highest BCUT2D eigenvalue weighted by Crippen LogP contribution is 2.30. The number of benzene rings is 2. The van der Waals surface area contributed by atoms with E-state index in [1.165, 1.54) is 0 Å². The summed E-state index contributed by atoms with van der Waals surface area (Å²) in [5.74, 6) is 0.788. The highest BCUT2D eigenvalue weighted by Gasteiger charge is 2.12. The van der Waals surface area contributed by atoms with Crippen LogP contribution >= 0.6 is 11.6 Å². The van der Waals surface area contributed by atoms with Gasteiger partial charge < -0.3 is 10.3 Å². The van der Waals surface area contributed by atoms with Gasteiger partial charge in [-0.1, -0.05) is 54.1 Å². The number of aromatic amines is 1. The van der Waals surface area contributed by atoms with Crippen molar-refractivity contribution in [1.82, 2.24) is 19.9 Å². The summed E-state index contributed by atoms with van der Waals surface area (Å²) in [6.45, 7) is 0.580. The molecule has 6 heteroatoms. The smallest absolute Gasteiger partial charge is 0.142 e. The summed E-state index contributed by atoms with van der Waals surface area (Å²) in [4.78, 5) is 16.6. The SMILES string of the molecule is Clc1cccc2cc(CNc3ncnc4[nH]ccc34)c(-c3ccccc3)nc12. The van der Waals surface area contributed by atoms with E-state index in [-0.39, 0.29) is 0 Å². The normalized spacial score (nSPS) is 11.2. The standard InChI is InChI=1S/C22H16ClN5/c23-18-8-4-7-15-11-16(19(28-20(15)18)14-5-2-1-3-6-14)12-25-22-17-9-10-24-21(17)26-13-27-22/h1-11,13H,12H2,(H2,24,25,26,27). The lowest BCUT2D eigenvalue weighted by atomic mass is 10.0. The molecule has 0 atom stereocenters. The molecule has 0 aliphatic rings. The molecular weight excluding hydrogens is 370 g/mol. The molecule has 5 nitrogen and oxygen atoms in total. The highest BCUT2D eigenvalue weighted by atomic mass is 35.5. The Balaban J connectivity index is 1.60. The van der Waals surface area contributed by atoms with Crippen molar-refractivity contribution < 1.29 is 0 Å². The zero-order chi connectivity index (χ0) is 18.9. The minimum absolute atomic E-state index is 0.580. The van der Waals surface area contributed by atoms with E-state index in [0.29, 0.717) is 11.6 Å². The number of hydrogen-bond donors (Lipinski definition) is 2. The van der Waals surface area contributed by atoms with Crippen molar-refractivity contribution in [2.75, 3.05) is 5.32 Å². The number of hydrogen-bond acceptors (Lipinski definition) is 4. The van der Waals surface area contributed by atoms with E-state index in [2.05, 4.69) is 38.5 Å². The monoisotopic (exact) mass is 385 g/mol. The maximum atomic E-state index is 6.40. The summed E-state index contributed by atoms with van der Waals surface area (Å²) < 4.78 is 0. The van der Waals surface area contributed by atoms with E-state index >= 15 is 0 Å². The minimum Gasteiger partial charge on any atom is -0.365 e. The van der Waals surface area contributed by atoms with Crippen molar-refractivity contribution in [2.24, 2.45) is 0 Å². The van der Waals surface area contributed by atoms with Gasteiger partial charge in [0, 0.05) is 23.7 Å². The minimum atomic E-state index is 0.580. The summed E-state index contributed by atoms with van der Waals surface area (Å²) >= 11 is 6.40. The second-order valence-electron chi connectivity index (χ2n) is 6.49. The first kappa shape index (κ1) is 16.7. The molecule has 2 N–H and O–H groups in total. The molecule has 0 bridgehead atoms. The predicted molar refractivity (Wildman–Crippen MR) is 113 cm³/mol. The van der Waals surface area contributed by atoms with Crippen molar-refractivity contribution in [3.05, 3.63) is 83.8 Å². The van der Waals surface area contributed by atoms with Crippen LogP contribution < -0.4 is 5.32 Å². The molecule has 5 aromatic rings. The third-order valence-corrected chi connectivity index (χ3v) is 5.03. The van der Waals surface area contributed by atoms with E-state index in [1.807, 2.05) is 48.7 Å². The van der Waals surface area contributed by atoms with Gasteiger partial charge >= 0.3 is 0 Å². The molecule has 136 valence electrons. The quantitative estimate of drug-likeness (QED) is 0.432. The highest BCUT2D eigenvalue weighted by molar-refractivity contribution is 6.35. The maximum Gasteiger partial charge on any atom is 0.142 e. The van der Waals surface area contributed by atoms with Crippen molar-refractivity contribution in [3.63, 3.8) is 0 Å². The maximum absolute atomic E-state index is 6.40. The largest absolute Gasteiger partial charge is 0.365 e. The molecule has 3 aromatic heterocycles. The number of rotatable bonds is 4. The molecule has 0 saturated heterocycles. The number of anilines is 1. The van der Waals surface area contributed by atoms with Crippen LogP contribution in [0.5, 0.6) is 0 Å². The first-order chi connectivity index (χ1) is 13.8. The van der Waals surface area contributed by atoms with Gasteiger partial charge in [0.15, 0.2) is 0 Å². The fraction of sp³-hybridized carbons (Fsp3) is 0.0455. The Morgan fingerprint density at radius 3 is 2.75 bits per heavy atom. The van der Waals surface area contributed by atoms with Crippen LogP contribution in [-0.2, 0) is 6.54 Å². The van der Waals surface area contributed by atoms with Gasteiger partial charge in [-0.25, -0.2) is 15.0 Å². The molecule has 0 saturated carbocycles. The van der Waals surface area contributed by atoms with Gasteiger partial charge in [-0.15, -0.1) is 0 Å². The molecule has 0 aliphatic heterocycles. The fourth-order valence-electron chi connectivity index (χ4n) is 3.38. The van der Waals surface area contributed by atoms with E-state index < -0.39 is 0 Å². The van der Waals surface area contributed by atoms with Crippen LogP contribution in [0.3, 0.4) is 0 Å². The molecule has 0 spiro atoms. The third-order valence-electron chi connectivity index (χ3n) is 4.72. The van der Waals surface area contributed by atoms with E-state index in [1.54, 1.807) is 6.33 Å². The van der Waals surface area contributed by atoms with Crippen LogP contribution in [0.4, 0.5) is 5.82 Å². The number of nitrogens with one attached hydrogen (secondary N) is 2. The molecular formula is C22H16ClN5. The van der Waals surface area contributed by atoms with Crippen molar-refractivity contribution in [3.8, 4) is 11.3 Å². The molecule has 5 rings (SSSR count). The lowest BCUT2D eigenvalue weighted by molar-refractivity contribution is 1.09. The van der Waals surface area contributed by atoms with Gasteiger partial charge in [0.05, 0.1) is 21.6 Å². The van der Waals surface area contributed by atoms with Gasteiger partial charge in [0.25, 0.3) is 0 Å². The fourth-order valence-corrected chi connectivity index (χ4v) is 3.60. The molecule has 0 radical (unpaired) electrons. The third kappa shape index (κ3) is 2.96. The Hall–Kier alpha value is -3.44. The molecule has 3 heterocycles. The van der Waals surface area contributed by atoms with Crippen LogP contribution in [0.15, 0.2) is 73.2 Å². The van der Waals surface area contributed by atoms with Crippen LogP contribution in [0.1, 0.15) is 5.56 Å². The van der Waals surface area contributed by atoms with Gasteiger partial charge in [0.1, 0.15) is 17.8 Å². The summed E-state index contributed by atoms with van der Waals surface area (Å²) in [5.41, 5.74) is 4.65. The number of pyridine rings is 1. The summed E-state index contributed by atoms with van der Waals surface area (Å²) in [5, 5.41) is 6.06. The van der Waals surface area contributed by atoms with Crippen molar-refractivity contribution >= 4 is 39.4 Å². The summed E-state index contributed by atoms with van der Waals surface area (Å²) in [7, 11) is 0. The van der Waals surface area contributed by atoms with Crippen LogP contribution in [0.25, 0.3) is 33.2 Å². The van der Waals surface area contributed by atoms with Crippen LogP contribution in [-0.4, -0.2) is 19.9 Å². The molecule has 0 amide bonds. The number of H-pyrrole nitrogens is 1. The number of fused-ring (bicyclic) bond motifs is 2. The second kappa shape index (κ2) is 6.94. The Morgan fingerprint density at radius 2 is 1.86 bits per heavy atom. The lowest BCUT2D eigenvalue weighted by Crippen LogP contribution is -2.05. The zero-order valence-corrected chi connectivity index (χ0v) is 15.6. The molecule has 0 aliphatic carbocycles. The van der Waals surface area contributed by atoms with Gasteiger partial charge in [0.2, 0.25) is 0 Å². The van der Waals surface area contributed by atoms with Gasteiger partial charge in [-0.2, -0.15) is 0 Å². The van der Waals surface area contributed by atoms with E-state index in [4.69, 9.17) is 16.6 Å². The topological polar surface area (TPSA) is 66.5 Å². The van der Waals surface area contributed by atoms with Crippen molar-refractivity contribution in [2.45, 2.75) is 6.54 Å². The Morgan fingerprint density at radius 1 is 0.964 bits per heavy atom. The molecule has 28 heavy (non-hydrogen) atoms. The summed E-state index contributed by atoms with van der Waals surface area (Å²) in [6.07, 6.45) is 3.41. The molecule has 2 aromatic carbocycles. The first-order valence-corrected chi connectivity index (χ1v) is 9.33. The predicted octanol–water partition coefficient (Wildman–Crippen LogP) is 5.44. The Kier molecular flexibility index (Phi) is 4.14. The second-order valence-corrected chi connectivity index (χ2v) is 6.90. The van der Waals surface area contributed by atoms with Crippen molar-refractivity contribution in [1.29, 1.82) is 0 Å². The number of para-hydroxylation sites is 1. The number of nitrogens with zero attached hydrogens (tertiary/aromatic N) is 3. The van der Waals surface area contributed by atoms with E-state index in [0.717, 1.165) is 44.6 Å². The molecule has 0 fully saturated rings. The van der Waals surface area contributed by atoms with Gasteiger partial charge in [-0.05, 0) is 23.8 Å². The zero-order valence-electron chi connectivity index (χ0n) is 14.9. The number of halogens is 1. The van der Waals surface area contributed by atoms with Gasteiger partial charge in [-0.3, -0.25) is 0 Å². The average Bonchev–Trinajstić information content (AvgIpc) is 3.22. The lowest BCUT2D eigenvalue weighted by Gasteiger charge is -2.13. The van der Waals surface area contributed by atoms with Crippen LogP contribution in [0, 0.1) is 0 Å². The average molecular weight is 386 g/mol. The Bertz CT molecular complexity index is 1280. The first-order valence-electron chi connectivity index (χ1n) is 8.95. The van der Waals surface area contributed by atoms with Crippen LogP contribution in [0.2, 0.25) is 5.02 Å². The Labute approximate surface area is 166 Å². The molecule has 0 unspecified atom stereocenters. The number of aromatic nitrogens is 4. The summed E-state index contributed by atoms with van der Waals surface area (Å²) in [6, 6.07) is 20.1.